The molecule has 0 saturated heterocycles. The molecule has 0 aliphatic carbocycles. The maximum Gasteiger partial charge on any atom is 0.339 e. The van der Waals surface area contributed by atoms with Crippen molar-refractivity contribution in [2.75, 3.05) is 7.11 Å². The molecule has 0 bridgehead atoms. The number of carbonyl (C=O) groups excluding carboxylic acids is 1. The quantitative estimate of drug-likeness (QED) is 0.665. The molecule has 0 amide bonds. The van der Waals surface area contributed by atoms with Gasteiger partial charge in [-0.15, -0.1) is 0 Å². The van der Waals surface area contributed by atoms with E-state index in [0.717, 1.165) is 9.26 Å². The van der Waals surface area contributed by atoms with E-state index in [0.29, 0.717) is 17.5 Å². The van der Waals surface area contributed by atoms with Crippen molar-refractivity contribution in [1.82, 2.24) is 4.98 Å². The van der Waals surface area contributed by atoms with E-state index in [1.54, 1.807) is 6.92 Å². The Morgan fingerprint density at radius 2 is 2.13 bits per heavy atom. The molecule has 0 spiro atoms. The number of halogens is 1. The first-order chi connectivity index (χ1) is 7.02. The van der Waals surface area contributed by atoms with Crippen LogP contribution in [0.3, 0.4) is 0 Å². The number of nitrogens with one attached hydrogen (secondary N) is 1. The molecule has 0 atom stereocenters. The van der Waals surface area contributed by atoms with Crippen molar-refractivity contribution in [2.24, 2.45) is 0 Å². The van der Waals surface area contributed by atoms with E-state index in [1.165, 1.54) is 7.11 Å². The summed E-state index contributed by atoms with van der Waals surface area (Å²) in [6.45, 7) is 3.54. The zero-order chi connectivity index (χ0) is 11.6. The van der Waals surface area contributed by atoms with E-state index < -0.39 is 5.97 Å². The number of aromatic nitrogens is 1. The van der Waals surface area contributed by atoms with Gasteiger partial charge in [0.15, 0.2) is 0 Å². The van der Waals surface area contributed by atoms with Crippen LogP contribution in [0.15, 0.2) is 4.79 Å². The molecule has 0 aliphatic heterocycles. The van der Waals surface area contributed by atoms with Crippen LogP contribution in [0.25, 0.3) is 0 Å². The Bertz CT molecular complexity index is 451. The van der Waals surface area contributed by atoms with Crippen molar-refractivity contribution >= 4 is 28.6 Å². The number of H-pyrrole nitrogens is 1. The van der Waals surface area contributed by atoms with Crippen LogP contribution in [-0.4, -0.2) is 18.1 Å². The lowest BCUT2D eigenvalue weighted by Gasteiger charge is -2.09. The Morgan fingerprint density at radius 3 is 2.60 bits per heavy atom. The molecule has 4 nitrogen and oxygen atoms in total. The summed E-state index contributed by atoms with van der Waals surface area (Å²) in [4.78, 5) is 25.8. The molecule has 82 valence electrons. The van der Waals surface area contributed by atoms with Gasteiger partial charge in [0.25, 0.3) is 5.56 Å². The molecule has 1 aromatic heterocycles. The third kappa shape index (κ3) is 2.22. The SMILES string of the molecule is CCc1[nH]c(=O)c(C)c(C(=O)OC)c1I. The van der Waals surface area contributed by atoms with Crippen LogP contribution in [0.2, 0.25) is 0 Å². The van der Waals surface area contributed by atoms with Gasteiger partial charge in [0.2, 0.25) is 0 Å². The maximum atomic E-state index is 11.5. The van der Waals surface area contributed by atoms with Gasteiger partial charge in [-0.05, 0) is 35.9 Å². The fourth-order valence-corrected chi connectivity index (χ4v) is 2.44. The number of aryl methyl sites for hydroxylation is 1. The molecule has 0 aliphatic rings. The van der Waals surface area contributed by atoms with Crippen molar-refractivity contribution in [3.8, 4) is 0 Å². The van der Waals surface area contributed by atoms with E-state index in [4.69, 9.17) is 0 Å². The highest BCUT2D eigenvalue weighted by Crippen LogP contribution is 2.18. The van der Waals surface area contributed by atoms with Gasteiger partial charge in [-0.1, -0.05) is 6.92 Å². The Kier molecular flexibility index (Phi) is 3.90. The Labute approximate surface area is 101 Å². The number of pyridine rings is 1. The van der Waals surface area contributed by atoms with E-state index in [1.807, 2.05) is 6.92 Å². The predicted molar refractivity (Wildman–Crippen MR) is 65.2 cm³/mol. The zero-order valence-electron chi connectivity index (χ0n) is 8.81. The first-order valence-electron chi connectivity index (χ1n) is 4.52. The molecule has 1 aromatic rings. The van der Waals surface area contributed by atoms with Gasteiger partial charge < -0.3 is 9.72 Å². The van der Waals surface area contributed by atoms with Gasteiger partial charge in [-0.25, -0.2) is 4.79 Å². The lowest BCUT2D eigenvalue weighted by atomic mass is 10.1. The van der Waals surface area contributed by atoms with Crippen LogP contribution in [0.5, 0.6) is 0 Å². The summed E-state index contributed by atoms with van der Waals surface area (Å²) in [5.74, 6) is -0.460. The highest BCUT2D eigenvalue weighted by molar-refractivity contribution is 14.1. The Hall–Kier alpha value is -0.850. The second-order valence-electron chi connectivity index (χ2n) is 3.09. The van der Waals surface area contributed by atoms with Crippen molar-refractivity contribution in [2.45, 2.75) is 20.3 Å². The molecule has 1 rings (SSSR count). The summed E-state index contributed by atoms with van der Waals surface area (Å²) in [7, 11) is 1.31. The summed E-state index contributed by atoms with van der Waals surface area (Å²) in [5.41, 5.74) is 1.32. The molecule has 1 N–H and O–H groups in total. The second kappa shape index (κ2) is 4.78. The number of methoxy groups -OCH3 is 1. The summed E-state index contributed by atoms with van der Waals surface area (Å²) in [6, 6.07) is 0. The largest absolute Gasteiger partial charge is 0.465 e. The maximum absolute atomic E-state index is 11.5. The molecule has 0 saturated carbocycles. The Balaban J connectivity index is 3.54. The third-order valence-corrected chi connectivity index (χ3v) is 3.40. The van der Waals surface area contributed by atoms with Crippen LogP contribution >= 0.6 is 22.6 Å². The van der Waals surface area contributed by atoms with Gasteiger partial charge in [0.05, 0.1) is 12.7 Å². The zero-order valence-corrected chi connectivity index (χ0v) is 11.0. The van der Waals surface area contributed by atoms with Gasteiger partial charge in [0, 0.05) is 14.8 Å². The molecule has 0 aromatic carbocycles. The van der Waals surface area contributed by atoms with E-state index >= 15 is 0 Å². The van der Waals surface area contributed by atoms with Crippen LogP contribution in [-0.2, 0) is 11.2 Å². The number of esters is 1. The number of ether oxygens (including phenoxy) is 1. The normalized spacial score (nSPS) is 10.1. The van der Waals surface area contributed by atoms with Crippen molar-refractivity contribution in [3.63, 3.8) is 0 Å². The Morgan fingerprint density at radius 1 is 1.53 bits per heavy atom. The van der Waals surface area contributed by atoms with E-state index in [9.17, 15) is 9.59 Å². The number of hydrogen-bond acceptors (Lipinski definition) is 3. The number of carbonyl (C=O) groups is 1. The number of aromatic amines is 1. The summed E-state index contributed by atoms with van der Waals surface area (Å²) < 4.78 is 5.42. The minimum Gasteiger partial charge on any atom is -0.465 e. The van der Waals surface area contributed by atoms with Gasteiger partial charge in [-0.2, -0.15) is 0 Å². The minimum absolute atomic E-state index is 0.229. The van der Waals surface area contributed by atoms with E-state index in [2.05, 4.69) is 32.3 Å². The first-order valence-corrected chi connectivity index (χ1v) is 5.60. The summed E-state index contributed by atoms with van der Waals surface area (Å²) in [5, 5.41) is 0. The average molecular weight is 321 g/mol. The molecule has 0 radical (unpaired) electrons. The fraction of sp³-hybridized carbons (Fsp3) is 0.400. The molecule has 0 unspecified atom stereocenters. The molecule has 0 fully saturated rings. The smallest absolute Gasteiger partial charge is 0.339 e. The number of hydrogen-bond donors (Lipinski definition) is 1. The topological polar surface area (TPSA) is 59.2 Å². The average Bonchev–Trinajstić information content (AvgIpc) is 2.23. The van der Waals surface area contributed by atoms with Crippen LogP contribution < -0.4 is 5.56 Å². The fourth-order valence-electron chi connectivity index (χ4n) is 1.30. The first kappa shape index (κ1) is 12.2. The molecule has 5 heteroatoms. The standard InChI is InChI=1S/C10H12INO3/c1-4-6-8(11)7(10(14)15-3)5(2)9(13)12-6/h4H2,1-3H3,(H,12,13). The lowest BCUT2D eigenvalue weighted by molar-refractivity contribution is 0.0598. The summed E-state index contributed by atoms with van der Waals surface area (Å²) >= 11 is 2.05. The minimum atomic E-state index is -0.460. The third-order valence-electron chi connectivity index (χ3n) is 2.21. The monoisotopic (exact) mass is 321 g/mol. The van der Waals surface area contributed by atoms with Crippen molar-refractivity contribution in [1.29, 1.82) is 0 Å². The summed E-state index contributed by atoms with van der Waals surface area (Å²) in [6.07, 6.45) is 0.678. The van der Waals surface area contributed by atoms with Crippen LogP contribution in [0.1, 0.15) is 28.5 Å². The van der Waals surface area contributed by atoms with E-state index in [-0.39, 0.29) is 5.56 Å². The predicted octanol–water partition coefficient (Wildman–Crippen LogP) is 1.64. The number of rotatable bonds is 2. The molecule has 1 heterocycles. The van der Waals surface area contributed by atoms with Crippen LogP contribution in [0, 0.1) is 10.5 Å². The lowest BCUT2D eigenvalue weighted by Crippen LogP contribution is -2.21. The van der Waals surface area contributed by atoms with Gasteiger partial charge in [0.1, 0.15) is 0 Å². The highest BCUT2D eigenvalue weighted by Gasteiger charge is 2.18. The van der Waals surface area contributed by atoms with Gasteiger partial charge >= 0.3 is 5.97 Å². The van der Waals surface area contributed by atoms with Crippen LogP contribution in [0.4, 0.5) is 0 Å². The van der Waals surface area contributed by atoms with Gasteiger partial charge in [-0.3, -0.25) is 4.79 Å². The molecular formula is C10H12INO3. The highest BCUT2D eigenvalue weighted by atomic mass is 127. The molecular weight excluding hydrogens is 309 g/mol. The van der Waals surface area contributed by atoms with Crippen molar-refractivity contribution in [3.05, 3.63) is 30.7 Å². The van der Waals surface area contributed by atoms with Crippen molar-refractivity contribution < 1.29 is 9.53 Å². The molecule has 15 heavy (non-hydrogen) atoms. The second-order valence-corrected chi connectivity index (χ2v) is 4.17.